The number of benzene rings is 1. The van der Waals surface area contributed by atoms with E-state index in [0.29, 0.717) is 18.0 Å². The zero-order chi connectivity index (χ0) is 28.7. The Bertz CT molecular complexity index is 1650. The van der Waals surface area contributed by atoms with Gasteiger partial charge < -0.3 is 8.99 Å². The molecule has 4 aromatic rings. The summed E-state index contributed by atoms with van der Waals surface area (Å²) in [6.45, 7) is 10.6. The molecule has 3 heterocycles. The second-order valence-corrected chi connectivity index (χ2v) is 16.0. The van der Waals surface area contributed by atoms with Crippen LogP contribution in [0.15, 0.2) is 53.7 Å². The molecule has 0 aliphatic heterocycles. The maximum Gasteiger partial charge on any atom is 0.269 e. The summed E-state index contributed by atoms with van der Waals surface area (Å²) in [6.07, 6.45) is 8.86. The minimum Gasteiger partial charge on any atom is -0.405 e. The fourth-order valence-electron chi connectivity index (χ4n) is 5.61. The van der Waals surface area contributed by atoms with Crippen molar-refractivity contribution in [3.63, 3.8) is 0 Å². The molecule has 0 bridgehead atoms. The van der Waals surface area contributed by atoms with Crippen molar-refractivity contribution in [2.24, 2.45) is 5.92 Å². The van der Waals surface area contributed by atoms with Gasteiger partial charge in [0.05, 0.1) is 22.7 Å². The largest absolute Gasteiger partial charge is 0.405 e. The molecule has 0 saturated heterocycles. The second-order valence-electron chi connectivity index (χ2n) is 12.3. The second kappa shape index (κ2) is 10.8. The molecule has 0 amide bonds. The third-order valence-corrected chi connectivity index (χ3v) is 10.5. The summed E-state index contributed by atoms with van der Waals surface area (Å²) >= 11 is 0. The lowest BCUT2D eigenvalue weighted by Gasteiger charge is -2.34. The van der Waals surface area contributed by atoms with Crippen LogP contribution in [-0.2, 0) is 20.1 Å². The smallest absolute Gasteiger partial charge is 0.269 e. The summed E-state index contributed by atoms with van der Waals surface area (Å²) in [5.74, 6) is 1.40. The van der Waals surface area contributed by atoms with Gasteiger partial charge in [-0.2, -0.15) is 5.26 Å². The maximum absolute atomic E-state index is 13.6. The maximum atomic E-state index is 13.6. The first-order valence-electron chi connectivity index (χ1n) is 13.9. The highest BCUT2D eigenvalue weighted by molar-refractivity contribution is 7.90. The molecule has 8 nitrogen and oxygen atoms in total. The third kappa shape index (κ3) is 5.47. The zero-order valence-corrected chi connectivity index (χ0v) is 25.7. The number of imidazole rings is 1. The Morgan fingerprint density at radius 1 is 1.07 bits per heavy atom. The summed E-state index contributed by atoms with van der Waals surface area (Å²) in [7, 11) is -3.53. The first-order valence-corrected chi connectivity index (χ1v) is 16.3. The predicted molar refractivity (Wildman–Crippen MR) is 157 cm³/mol. The third-order valence-electron chi connectivity index (χ3n) is 7.63. The van der Waals surface area contributed by atoms with Crippen LogP contribution in [0.5, 0.6) is 0 Å². The summed E-state index contributed by atoms with van der Waals surface area (Å²) in [4.78, 5) is 9.92. The van der Waals surface area contributed by atoms with Gasteiger partial charge in [-0.25, -0.2) is 22.4 Å². The van der Waals surface area contributed by atoms with Crippen molar-refractivity contribution in [3.8, 4) is 6.07 Å². The Morgan fingerprint density at radius 2 is 1.77 bits per heavy atom. The van der Waals surface area contributed by atoms with Crippen molar-refractivity contribution in [2.75, 3.05) is 0 Å². The number of nitrogens with zero attached hydrogens (tertiary/aromatic N) is 5. The van der Waals surface area contributed by atoms with Gasteiger partial charge in [0, 0.05) is 24.0 Å². The summed E-state index contributed by atoms with van der Waals surface area (Å²) in [6, 6.07) is 12.8. The van der Waals surface area contributed by atoms with Crippen LogP contribution in [0, 0.1) is 17.2 Å². The molecule has 0 atom stereocenters. The molecule has 1 fully saturated rings. The monoisotopic (exact) mass is 575 g/mol. The van der Waals surface area contributed by atoms with Crippen molar-refractivity contribution >= 4 is 41.9 Å². The molecule has 2 radical (unpaired) electrons. The molecule has 40 heavy (non-hydrogen) atoms. The number of rotatable bonds is 8. The first kappa shape index (κ1) is 28.5. The van der Waals surface area contributed by atoms with Gasteiger partial charge in [0.15, 0.2) is 5.65 Å². The molecule has 5 rings (SSSR count). The molecule has 3 aromatic heterocycles. The Labute approximate surface area is 239 Å². The van der Waals surface area contributed by atoms with E-state index in [9.17, 15) is 8.42 Å². The summed E-state index contributed by atoms with van der Waals surface area (Å²) in [5, 5.41) is 9.84. The van der Waals surface area contributed by atoms with E-state index in [0.717, 1.165) is 54.3 Å². The first-order chi connectivity index (χ1) is 18.9. The summed E-state index contributed by atoms with van der Waals surface area (Å²) < 4.78 is 37.2. The van der Waals surface area contributed by atoms with Gasteiger partial charge in [-0.1, -0.05) is 39.0 Å². The predicted octanol–water partition coefficient (Wildman–Crippen LogP) is 6.75. The fourth-order valence-corrected chi connectivity index (χ4v) is 7.59. The minimum absolute atomic E-state index is 0.0186. The molecule has 10 heteroatoms. The number of nitriles is 1. The summed E-state index contributed by atoms with van der Waals surface area (Å²) in [5.41, 5.74) is 1.37. The van der Waals surface area contributed by atoms with Crippen molar-refractivity contribution in [1.29, 1.82) is 5.26 Å². The lowest BCUT2D eigenvalue weighted by Crippen LogP contribution is -2.32. The highest BCUT2D eigenvalue weighted by Crippen LogP contribution is 2.41. The molecule has 0 N–H and O–H groups in total. The number of aromatic nitrogens is 4. The van der Waals surface area contributed by atoms with Crippen molar-refractivity contribution in [3.05, 3.63) is 54.6 Å². The number of pyridine rings is 1. The lowest BCUT2D eigenvalue weighted by molar-refractivity contribution is 0.0906. The quantitative estimate of drug-likeness (QED) is 0.215. The topological polar surface area (TPSA) is 103 Å². The average molecular weight is 576 g/mol. The van der Waals surface area contributed by atoms with E-state index >= 15 is 0 Å². The van der Waals surface area contributed by atoms with E-state index in [4.69, 9.17) is 14.7 Å². The van der Waals surface area contributed by atoms with Crippen LogP contribution in [0.3, 0.4) is 0 Å². The molecule has 210 valence electrons. The molecule has 0 unspecified atom stereocenters. The van der Waals surface area contributed by atoms with Gasteiger partial charge in [-0.3, -0.25) is 0 Å². The fraction of sp³-hybridized carbons (Fsp3) is 0.500. The van der Waals surface area contributed by atoms with Gasteiger partial charge in [0.25, 0.3) is 10.0 Å². The Balaban J connectivity index is 1.65. The van der Waals surface area contributed by atoms with Crippen LogP contribution >= 0.6 is 0 Å². The zero-order valence-electron chi connectivity index (χ0n) is 23.9. The minimum atomic E-state index is -3.82. The Morgan fingerprint density at radius 3 is 2.42 bits per heavy atom. The van der Waals surface area contributed by atoms with Crippen molar-refractivity contribution in [2.45, 2.75) is 94.7 Å². The van der Waals surface area contributed by atoms with Crippen LogP contribution in [0.1, 0.15) is 85.0 Å². The normalized spacial score (nSPS) is 18.8. The molecule has 0 spiro atoms. The van der Waals surface area contributed by atoms with E-state index in [1.807, 2.05) is 6.07 Å². The number of hydrogen-bond donors (Lipinski definition) is 0. The Hall–Kier alpha value is -3.00. The van der Waals surface area contributed by atoms with Gasteiger partial charge in [0.1, 0.15) is 16.9 Å². The van der Waals surface area contributed by atoms with E-state index in [2.05, 4.69) is 50.2 Å². The van der Waals surface area contributed by atoms with Crippen molar-refractivity contribution in [1.82, 2.24) is 18.5 Å². The van der Waals surface area contributed by atoms with Gasteiger partial charge in [-0.15, -0.1) is 0 Å². The van der Waals surface area contributed by atoms with Gasteiger partial charge in [0.2, 0.25) is 9.76 Å². The van der Waals surface area contributed by atoms with E-state index in [-0.39, 0.29) is 25.7 Å². The Kier molecular flexibility index (Phi) is 7.68. The van der Waals surface area contributed by atoms with E-state index < -0.39 is 15.6 Å². The van der Waals surface area contributed by atoms with Crippen LogP contribution in [0.2, 0.25) is 5.04 Å². The highest BCUT2D eigenvalue weighted by atomic mass is 32.2. The molecule has 1 aliphatic carbocycles. The van der Waals surface area contributed by atoms with Crippen LogP contribution in [0.4, 0.5) is 0 Å². The molecule has 1 aromatic carbocycles. The van der Waals surface area contributed by atoms with Gasteiger partial charge in [-0.05, 0) is 75.1 Å². The molecular formula is C30H37N5O3SSi. The van der Waals surface area contributed by atoms with E-state index in [1.54, 1.807) is 42.7 Å². The molecule has 1 saturated carbocycles. The van der Waals surface area contributed by atoms with Crippen LogP contribution < -0.4 is 0 Å². The molecule has 1 aliphatic rings. The van der Waals surface area contributed by atoms with E-state index in [1.165, 1.54) is 3.97 Å². The SMILES string of the molecule is CC(C)(C)[Si]OC(C)(C)c1nc2cnc3c(ccn3S(=O)(=O)c3ccccc3)c2n1C1CCC(CCC#N)CC1. The standard InChI is InChI=1S/C30H37N5O3SSi/c1-29(2,3)40-38-30(4,5)28-33-25-20-32-27-24(17-19-34(27)39(36,37)23-11-7-6-8-12-23)26(25)35(28)22-15-13-21(14-16-22)10-9-18-31/h6-8,11-12,17,19-22H,9-10,13-16H2,1-5H3. The number of hydrogen-bond acceptors (Lipinski definition) is 6. The van der Waals surface area contributed by atoms with Crippen molar-refractivity contribution < 1.29 is 12.8 Å². The highest BCUT2D eigenvalue weighted by Gasteiger charge is 2.35. The van der Waals surface area contributed by atoms with Crippen LogP contribution in [-0.4, -0.2) is 36.7 Å². The average Bonchev–Trinajstić information content (AvgIpc) is 3.54. The number of fused-ring (bicyclic) bond motifs is 3. The lowest BCUT2D eigenvalue weighted by atomic mass is 9.83. The molecular weight excluding hydrogens is 539 g/mol. The van der Waals surface area contributed by atoms with Gasteiger partial charge >= 0.3 is 0 Å². The van der Waals surface area contributed by atoms with Crippen LogP contribution in [0.25, 0.3) is 22.1 Å².